The lowest BCUT2D eigenvalue weighted by Crippen LogP contribution is -2.47. The summed E-state index contributed by atoms with van der Waals surface area (Å²) < 4.78 is 5.53. The summed E-state index contributed by atoms with van der Waals surface area (Å²) in [5.74, 6) is 0.787. The van der Waals surface area contributed by atoms with E-state index in [1.165, 1.54) is 0 Å². The van der Waals surface area contributed by atoms with Gasteiger partial charge in [-0.15, -0.1) is 0 Å². The number of nitrogens with zero attached hydrogens (tertiary/aromatic N) is 2. The Morgan fingerprint density at radius 3 is 2.63 bits per heavy atom. The number of para-hydroxylation sites is 1. The average Bonchev–Trinajstić information content (AvgIpc) is 2.41. The van der Waals surface area contributed by atoms with Crippen molar-refractivity contribution in [2.24, 2.45) is 0 Å². The van der Waals surface area contributed by atoms with Gasteiger partial charge in [0.2, 0.25) is 5.91 Å². The van der Waals surface area contributed by atoms with Crippen LogP contribution in [0.4, 0.5) is 0 Å². The fraction of sp³-hybridized carbons (Fsp3) is 0.500. The Labute approximate surface area is 118 Å². The molecule has 2 rings (SSSR count). The summed E-state index contributed by atoms with van der Waals surface area (Å²) in [5, 5.41) is 0.578. The predicted molar refractivity (Wildman–Crippen MR) is 75.6 cm³/mol. The number of amides is 1. The molecule has 5 heteroatoms. The Bertz CT molecular complexity index is 431. The number of hydrogen-bond acceptors (Lipinski definition) is 3. The van der Waals surface area contributed by atoms with Crippen molar-refractivity contribution in [3.8, 4) is 5.75 Å². The van der Waals surface area contributed by atoms with Crippen LogP contribution in [0.3, 0.4) is 0 Å². The van der Waals surface area contributed by atoms with E-state index in [0.717, 1.165) is 26.2 Å². The summed E-state index contributed by atoms with van der Waals surface area (Å²) in [6.07, 6.45) is 0.398. The first-order chi connectivity index (χ1) is 9.16. The number of rotatable bonds is 4. The maximum absolute atomic E-state index is 12.0. The van der Waals surface area contributed by atoms with E-state index in [1.807, 2.05) is 23.1 Å². The topological polar surface area (TPSA) is 32.8 Å². The van der Waals surface area contributed by atoms with Gasteiger partial charge in [0.1, 0.15) is 5.75 Å². The Morgan fingerprint density at radius 1 is 1.26 bits per heavy atom. The number of carbonyl (C=O) groups excluding carboxylic acids is 1. The third kappa shape index (κ3) is 4.11. The summed E-state index contributed by atoms with van der Waals surface area (Å²) in [5.41, 5.74) is 0. The lowest BCUT2D eigenvalue weighted by Gasteiger charge is -2.32. The molecule has 1 amide bonds. The van der Waals surface area contributed by atoms with Crippen molar-refractivity contribution in [2.75, 3.05) is 39.8 Å². The molecule has 104 valence electrons. The van der Waals surface area contributed by atoms with Crippen molar-refractivity contribution in [3.63, 3.8) is 0 Å². The normalized spacial score (nSPS) is 16.4. The van der Waals surface area contributed by atoms with E-state index in [9.17, 15) is 4.79 Å². The van der Waals surface area contributed by atoms with Gasteiger partial charge < -0.3 is 14.5 Å². The summed E-state index contributed by atoms with van der Waals surface area (Å²) >= 11 is 5.98. The van der Waals surface area contributed by atoms with E-state index in [4.69, 9.17) is 16.3 Å². The van der Waals surface area contributed by atoms with Crippen molar-refractivity contribution in [2.45, 2.75) is 6.42 Å². The van der Waals surface area contributed by atoms with Crippen LogP contribution in [0.25, 0.3) is 0 Å². The van der Waals surface area contributed by atoms with Gasteiger partial charge in [0.15, 0.2) is 0 Å². The van der Waals surface area contributed by atoms with Gasteiger partial charge in [0, 0.05) is 26.2 Å². The number of piperazine rings is 1. The molecule has 0 aliphatic carbocycles. The fourth-order valence-corrected chi connectivity index (χ4v) is 2.21. The second-order valence-electron chi connectivity index (χ2n) is 4.71. The van der Waals surface area contributed by atoms with Crippen LogP contribution in [0.2, 0.25) is 5.02 Å². The largest absolute Gasteiger partial charge is 0.491 e. The Hall–Kier alpha value is -1.26. The van der Waals surface area contributed by atoms with Crippen molar-refractivity contribution >= 4 is 17.5 Å². The van der Waals surface area contributed by atoms with Gasteiger partial charge in [-0.3, -0.25) is 4.79 Å². The number of benzene rings is 1. The van der Waals surface area contributed by atoms with Crippen LogP contribution in [-0.4, -0.2) is 55.5 Å². The molecular formula is C14H19ClN2O2. The molecule has 0 radical (unpaired) electrons. The molecule has 0 saturated carbocycles. The number of hydrogen-bond donors (Lipinski definition) is 0. The van der Waals surface area contributed by atoms with Gasteiger partial charge in [0.05, 0.1) is 18.1 Å². The molecule has 1 aromatic rings. The van der Waals surface area contributed by atoms with Crippen LogP contribution in [-0.2, 0) is 4.79 Å². The molecule has 0 bridgehead atoms. The second kappa shape index (κ2) is 6.78. The third-order valence-corrected chi connectivity index (χ3v) is 3.58. The van der Waals surface area contributed by atoms with E-state index >= 15 is 0 Å². The molecule has 1 heterocycles. The summed E-state index contributed by atoms with van der Waals surface area (Å²) in [6.45, 7) is 3.87. The molecule has 0 spiro atoms. The summed E-state index contributed by atoms with van der Waals surface area (Å²) in [4.78, 5) is 16.1. The Morgan fingerprint density at radius 2 is 1.95 bits per heavy atom. The van der Waals surface area contributed by atoms with Gasteiger partial charge in [-0.1, -0.05) is 23.7 Å². The first kappa shape index (κ1) is 14.2. The Kier molecular flexibility index (Phi) is 5.05. The number of halogens is 1. The highest BCUT2D eigenvalue weighted by Crippen LogP contribution is 2.23. The maximum Gasteiger partial charge on any atom is 0.226 e. The van der Waals surface area contributed by atoms with E-state index < -0.39 is 0 Å². The first-order valence-corrected chi connectivity index (χ1v) is 6.88. The summed E-state index contributed by atoms with van der Waals surface area (Å²) in [6, 6.07) is 7.30. The minimum Gasteiger partial charge on any atom is -0.491 e. The summed E-state index contributed by atoms with van der Waals surface area (Å²) in [7, 11) is 2.07. The molecule has 1 fully saturated rings. The zero-order valence-corrected chi connectivity index (χ0v) is 11.9. The molecule has 0 unspecified atom stereocenters. The fourth-order valence-electron chi connectivity index (χ4n) is 2.02. The number of ether oxygens (including phenoxy) is 1. The molecule has 1 saturated heterocycles. The third-order valence-electron chi connectivity index (χ3n) is 3.27. The van der Waals surface area contributed by atoms with Crippen LogP contribution < -0.4 is 4.74 Å². The highest BCUT2D eigenvalue weighted by Gasteiger charge is 2.18. The lowest BCUT2D eigenvalue weighted by molar-refractivity contribution is -0.133. The van der Waals surface area contributed by atoms with Gasteiger partial charge in [-0.2, -0.15) is 0 Å². The van der Waals surface area contributed by atoms with Crippen molar-refractivity contribution in [1.29, 1.82) is 0 Å². The van der Waals surface area contributed by atoms with E-state index in [0.29, 0.717) is 23.8 Å². The van der Waals surface area contributed by atoms with Crippen LogP contribution in [0, 0.1) is 0 Å². The van der Waals surface area contributed by atoms with Crippen LogP contribution in [0.5, 0.6) is 5.75 Å². The van der Waals surface area contributed by atoms with Gasteiger partial charge in [0.25, 0.3) is 0 Å². The minimum atomic E-state index is 0.153. The zero-order chi connectivity index (χ0) is 13.7. The molecule has 1 aliphatic heterocycles. The standard InChI is InChI=1S/C14H19ClN2O2/c1-16-7-9-17(10-8-16)14(18)6-11-19-13-5-3-2-4-12(13)15/h2-5H,6-11H2,1H3. The first-order valence-electron chi connectivity index (χ1n) is 6.50. The molecular weight excluding hydrogens is 264 g/mol. The van der Waals surface area contributed by atoms with Crippen molar-refractivity contribution in [3.05, 3.63) is 29.3 Å². The van der Waals surface area contributed by atoms with Gasteiger partial charge in [-0.05, 0) is 19.2 Å². The van der Waals surface area contributed by atoms with Crippen LogP contribution in [0.1, 0.15) is 6.42 Å². The number of carbonyl (C=O) groups is 1. The highest BCUT2D eigenvalue weighted by atomic mass is 35.5. The van der Waals surface area contributed by atoms with E-state index in [1.54, 1.807) is 6.07 Å². The molecule has 1 aromatic carbocycles. The molecule has 0 atom stereocenters. The quantitative estimate of drug-likeness (QED) is 0.845. The second-order valence-corrected chi connectivity index (χ2v) is 5.12. The lowest BCUT2D eigenvalue weighted by atomic mass is 10.3. The molecule has 0 aromatic heterocycles. The van der Waals surface area contributed by atoms with Crippen molar-refractivity contribution in [1.82, 2.24) is 9.80 Å². The number of likely N-dealkylation sites (N-methyl/N-ethyl adjacent to an activating group) is 1. The maximum atomic E-state index is 12.0. The average molecular weight is 283 g/mol. The van der Waals surface area contributed by atoms with Crippen molar-refractivity contribution < 1.29 is 9.53 Å². The SMILES string of the molecule is CN1CCN(C(=O)CCOc2ccccc2Cl)CC1. The van der Waals surface area contributed by atoms with E-state index in [2.05, 4.69) is 11.9 Å². The Balaban J connectivity index is 1.74. The monoisotopic (exact) mass is 282 g/mol. The minimum absolute atomic E-state index is 0.153. The smallest absolute Gasteiger partial charge is 0.226 e. The molecule has 4 nitrogen and oxygen atoms in total. The molecule has 19 heavy (non-hydrogen) atoms. The van der Waals surface area contributed by atoms with Crippen LogP contribution in [0.15, 0.2) is 24.3 Å². The van der Waals surface area contributed by atoms with Crippen LogP contribution >= 0.6 is 11.6 Å². The van der Waals surface area contributed by atoms with E-state index in [-0.39, 0.29) is 5.91 Å². The van der Waals surface area contributed by atoms with Gasteiger partial charge in [-0.25, -0.2) is 0 Å². The molecule has 1 aliphatic rings. The highest BCUT2D eigenvalue weighted by molar-refractivity contribution is 6.32. The molecule has 0 N–H and O–H groups in total. The van der Waals surface area contributed by atoms with Gasteiger partial charge >= 0.3 is 0 Å². The predicted octanol–water partition coefficient (Wildman–Crippen LogP) is 1.88. The zero-order valence-electron chi connectivity index (χ0n) is 11.1.